The van der Waals surface area contributed by atoms with E-state index in [0.29, 0.717) is 0 Å². The largest absolute Gasteiger partial charge is 0.370 e. The summed E-state index contributed by atoms with van der Waals surface area (Å²) in [5.41, 5.74) is 0. The maximum absolute atomic E-state index is 11.5. The maximum Gasteiger partial charge on any atom is 0.232 e. The van der Waals surface area contributed by atoms with E-state index in [1.807, 2.05) is 0 Å². The van der Waals surface area contributed by atoms with E-state index in [0.717, 1.165) is 17.1 Å². The monoisotopic (exact) mass is 185 g/mol. The first kappa shape index (κ1) is 8.13. The average Bonchev–Trinajstić information content (AvgIpc) is 2.48. The first-order valence-corrected chi connectivity index (χ1v) is 4.98. The molecule has 0 bridgehead atoms. The highest BCUT2D eigenvalue weighted by molar-refractivity contribution is 8.03. The lowest BCUT2D eigenvalue weighted by molar-refractivity contribution is -0.140. The summed E-state index contributed by atoms with van der Waals surface area (Å²) in [7, 11) is 1.64. The molecule has 0 aromatic rings. The number of likely N-dealkylation sites (N-methyl/N-ethyl adjacent to an activating group) is 1. The molecule has 2 aliphatic heterocycles. The van der Waals surface area contributed by atoms with Gasteiger partial charge in [0.25, 0.3) is 0 Å². The summed E-state index contributed by atoms with van der Waals surface area (Å²) in [6.45, 7) is 0. The van der Waals surface area contributed by atoms with Gasteiger partial charge in [-0.25, -0.2) is 0 Å². The van der Waals surface area contributed by atoms with E-state index in [-0.39, 0.29) is 11.8 Å². The Bertz CT molecular complexity index is 251. The Kier molecular flexibility index (Phi) is 1.88. The molecular weight excluding hydrogens is 174 g/mol. The molecule has 12 heavy (non-hydrogen) atoms. The third-order valence-corrected chi connectivity index (χ3v) is 3.57. The van der Waals surface area contributed by atoms with Gasteiger partial charge in [-0.15, -0.1) is 11.8 Å². The van der Waals surface area contributed by atoms with Gasteiger partial charge in [-0.05, 0) is 23.2 Å². The number of rotatable bonds is 0. The molecule has 0 saturated carbocycles. The second kappa shape index (κ2) is 2.78. The fourth-order valence-corrected chi connectivity index (χ4v) is 2.81. The topological polar surface area (TPSA) is 40.5 Å². The number of nitrogens with zero attached hydrogens (tertiary/aromatic N) is 1. The Hall–Kier alpha value is -0.480. The molecule has 0 spiro atoms. The number of hydrogen-bond donors (Lipinski definition) is 1. The van der Waals surface area contributed by atoms with E-state index in [2.05, 4.69) is 0 Å². The number of amides is 1. The van der Waals surface area contributed by atoms with Gasteiger partial charge in [-0.3, -0.25) is 4.79 Å². The smallest absolute Gasteiger partial charge is 0.232 e. The molecule has 2 atom stereocenters. The van der Waals surface area contributed by atoms with Crippen LogP contribution in [0.2, 0.25) is 0 Å². The summed E-state index contributed by atoms with van der Waals surface area (Å²) >= 11 is 1.69. The van der Waals surface area contributed by atoms with Gasteiger partial charge >= 0.3 is 0 Å². The molecule has 1 saturated heterocycles. The molecule has 2 rings (SSSR count). The SMILES string of the molecule is CN1C(=O)C2CCSC2=CC1O. The van der Waals surface area contributed by atoms with Crippen LogP contribution in [-0.4, -0.2) is 34.9 Å². The van der Waals surface area contributed by atoms with E-state index in [1.54, 1.807) is 24.9 Å². The third-order valence-electron chi connectivity index (χ3n) is 2.37. The molecule has 1 N–H and O–H groups in total. The third kappa shape index (κ3) is 1.06. The van der Waals surface area contributed by atoms with Crippen LogP contribution in [0.15, 0.2) is 11.0 Å². The lowest BCUT2D eigenvalue weighted by Gasteiger charge is -2.29. The minimum absolute atomic E-state index is 0.0448. The lowest BCUT2D eigenvalue weighted by Crippen LogP contribution is -2.42. The van der Waals surface area contributed by atoms with Gasteiger partial charge in [0.15, 0.2) is 0 Å². The van der Waals surface area contributed by atoms with Gasteiger partial charge in [0, 0.05) is 7.05 Å². The molecule has 2 unspecified atom stereocenters. The van der Waals surface area contributed by atoms with Gasteiger partial charge < -0.3 is 10.0 Å². The Labute approximate surface area is 75.4 Å². The van der Waals surface area contributed by atoms with Crippen molar-refractivity contribution in [2.75, 3.05) is 12.8 Å². The van der Waals surface area contributed by atoms with Crippen molar-refractivity contribution < 1.29 is 9.90 Å². The fourth-order valence-electron chi connectivity index (χ4n) is 1.58. The summed E-state index contributed by atoms with van der Waals surface area (Å²) in [6.07, 6.45) is 1.99. The summed E-state index contributed by atoms with van der Waals surface area (Å²) < 4.78 is 0. The van der Waals surface area contributed by atoms with Crippen molar-refractivity contribution in [3.8, 4) is 0 Å². The van der Waals surface area contributed by atoms with Crippen LogP contribution in [-0.2, 0) is 4.79 Å². The molecule has 0 aromatic heterocycles. The van der Waals surface area contributed by atoms with Crippen LogP contribution in [0, 0.1) is 5.92 Å². The number of carbonyl (C=O) groups excluding carboxylic acids is 1. The van der Waals surface area contributed by atoms with Gasteiger partial charge in [-0.2, -0.15) is 0 Å². The highest BCUT2D eigenvalue weighted by Gasteiger charge is 2.36. The number of fused-ring (bicyclic) bond motifs is 1. The Balaban J connectivity index is 2.32. The van der Waals surface area contributed by atoms with Crippen molar-refractivity contribution in [3.63, 3.8) is 0 Å². The molecule has 4 heteroatoms. The van der Waals surface area contributed by atoms with Crippen molar-refractivity contribution in [2.24, 2.45) is 5.92 Å². The van der Waals surface area contributed by atoms with E-state index < -0.39 is 6.23 Å². The number of aliphatic hydroxyl groups excluding tert-OH is 1. The van der Waals surface area contributed by atoms with Crippen LogP contribution < -0.4 is 0 Å². The minimum Gasteiger partial charge on any atom is -0.370 e. The zero-order valence-electron chi connectivity index (χ0n) is 6.86. The van der Waals surface area contributed by atoms with E-state index in [1.165, 1.54) is 4.90 Å². The quantitative estimate of drug-likeness (QED) is 0.594. The zero-order chi connectivity index (χ0) is 8.72. The highest BCUT2D eigenvalue weighted by atomic mass is 32.2. The minimum atomic E-state index is -0.714. The van der Waals surface area contributed by atoms with Crippen LogP contribution in [0.5, 0.6) is 0 Å². The Morgan fingerprint density at radius 1 is 1.75 bits per heavy atom. The number of thioether (sulfide) groups is 1. The first-order chi connectivity index (χ1) is 5.70. The summed E-state index contributed by atoms with van der Waals surface area (Å²) in [5, 5.41) is 9.41. The van der Waals surface area contributed by atoms with Crippen molar-refractivity contribution in [3.05, 3.63) is 11.0 Å². The van der Waals surface area contributed by atoms with E-state index in [9.17, 15) is 9.90 Å². The lowest BCUT2D eigenvalue weighted by atomic mass is 10.0. The molecule has 1 amide bonds. The van der Waals surface area contributed by atoms with Crippen molar-refractivity contribution >= 4 is 17.7 Å². The predicted molar refractivity (Wildman–Crippen MR) is 47.4 cm³/mol. The molecule has 66 valence electrons. The Morgan fingerprint density at radius 2 is 2.50 bits per heavy atom. The van der Waals surface area contributed by atoms with Crippen LogP contribution >= 0.6 is 11.8 Å². The van der Waals surface area contributed by atoms with Crippen molar-refractivity contribution in [2.45, 2.75) is 12.6 Å². The Morgan fingerprint density at radius 3 is 3.25 bits per heavy atom. The summed E-state index contributed by atoms with van der Waals surface area (Å²) in [6, 6.07) is 0. The number of carbonyl (C=O) groups is 1. The van der Waals surface area contributed by atoms with Crippen LogP contribution in [0.4, 0.5) is 0 Å². The molecule has 1 fully saturated rings. The molecular formula is C8H11NO2S. The molecule has 3 nitrogen and oxygen atoms in total. The van der Waals surface area contributed by atoms with Crippen molar-refractivity contribution in [1.29, 1.82) is 0 Å². The van der Waals surface area contributed by atoms with E-state index in [4.69, 9.17) is 0 Å². The van der Waals surface area contributed by atoms with Crippen LogP contribution in [0.1, 0.15) is 6.42 Å². The van der Waals surface area contributed by atoms with Crippen LogP contribution in [0.3, 0.4) is 0 Å². The van der Waals surface area contributed by atoms with E-state index >= 15 is 0 Å². The number of aliphatic hydroxyl groups is 1. The van der Waals surface area contributed by atoms with Crippen LogP contribution in [0.25, 0.3) is 0 Å². The fraction of sp³-hybridized carbons (Fsp3) is 0.625. The standard InChI is InChI=1S/C8H11NO2S/c1-9-7(10)4-6-5(8(9)11)2-3-12-6/h4-5,7,10H,2-3H2,1H3. The zero-order valence-corrected chi connectivity index (χ0v) is 7.67. The second-order valence-corrected chi connectivity index (χ2v) is 4.29. The molecule has 2 aliphatic rings. The number of hydrogen-bond acceptors (Lipinski definition) is 3. The maximum atomic E-state index is 11.5. The predicted octanol–water partition coefficient (Wildman–Crippen LogP) is 0.414. The summed E-state index contributed by atoms with van der Waals surface area (Å²) in [4.78, 5) is 14.0. The molecule has 0 aliphatic carbocycles. The average molecular weight is 185 g/mol. The molecule has 0 aromatic carbocycles. The first-order valence-electron chi connectivity index (χ1n) is 3.99. The molecule has 0 radical (unpaired) electrons. The van der Waals surface area contributed by atoms with Gasteiger partial charge in [0.2, 0.25) is 5.91 Å². The van der Waals surface area contributed by atoms with Crippen molar-refractivity contribution in [1.82, 2.24) is 4.90 Å². The summed E-state index contributed by atoms with van der Waals surface area (Å²) in [5.74, 6) is 1.11. The van der Waals surface area contributed by atoms with Gasteiger partial charge in [-0.1, -0.05) is 0 Å². The molecule has 2 heterocycles. The normalized spacial score (nSPS) is 35.0. The highest BCUT2D eigenvalue weighted by Crippen LogP contribution is 2.39. The second-order valence-electron chi connectivity index (χ2n) is 3.12. The van der Waals surface area contributed by atoms with Gasteiger partial charge in [0.1, 0.15) is 6.23 Å². The van der Waals surface area contributed by atoms with Gasteiger partial charge in [0.05, 0.1) is 5.92 Å².